The van der Waals surface area contributed by atoms with Crippen LogP contribution >= 0.6 is 43.8 Å². The van der Waals surface area contributed by atoms with Crippen LogP contribution in [0.5, 0.6) is 5.75 Å². The molecular formula is C16H12Br2FNO4S. The number of carbonyl (C=O) groups is 2. The molecule has 0 spiro atoms. The minimum atomic E-state index is -1.14. The van der Waals surface area contributed by atoms with E-state index in [1.807, 2.05) is 0 Å². The van der Waals surface area contributed by atoms with E-state index in [0.29, 0.717) is 14.5 Å². The number of carboxylic acids is 1. The van der Waals surface area contributed by atoms with Crippen LogP contribution in [0.2, 0.25) is 0 Å². The highest BCUT2D eigenvalue weighted by Crippen LogP contribution is 2.24. The van der Waals surface area contributed by atoms with Crippen molar-refractivity contribution >= 4 is 55.7 Å². The highest BCUT2D eigenvalue weighted by molar-refractivity contribution is 9.10. The van der Waals surface area contributed by atoms with E-state index in [4.69, 9.17) is 9.84 Å². The lowest BCUT2D eigenvalue weighted by molar-refractivity contribution is -0.139. The van der Waals surface area contributed by atoms with Crippen LogP contribution in [0.3, 0.4) is 0 Å². The fourth-order valence-corrected chi connectivity index (χ4v) is 3.22. The largest absolute Gasteiger partial charge is 0.481 e. The summed E-state index contributed by atoms with van der Waals surface area (Å²) in [5, 5.41) is 8.69. The standard InChI is InChI=1S/C16H12Br2FNO4S/c17-10-3-4-14(24-7-15(21)22)12(5-10)16(23)20-25-8-9-1-2-11(18)6-13(9)19/h1-6H,7-8H2,(H,20,23)(H,21,22). The topological polar surface area (TPSA) is 75.6 Å². The minimum Gasteiger partial charge on any atom is -0.481 e. The molecule has 0 aliphatic rings. The first-order valence-electron chi connectivity index (χ1n) is 6.87. The molecule has 0 bridgehead atoms. The van der Waals surface area contributed by atoms with Crippen molar-refractivity contribution in [3.05, 3.63) is 62.3 Å². The first kappa shape index (κ1) is 19.7. The van der Waals surface area contributed by atoms with Crippen LogP contribution < -0.4 is 9.46 Å². The number of carbonyl (C=O) groups excluding carboxylic acids is 1. The van der Waals surface area contributed by atoms with Crippen molar-refractivity contribution in [1.29, 1.82) is 0 Å². The van der Waals surface area contributed by atoms with Crippen molar-refractivity contribution in [3.8, 4) is 5.75 Å². The molecule has 0 unspecified atom stereocenters. The van der Waals surface area contributed by atoms with Gasteiger partial charge >= 0.3 is 5.97 Å². The molecule has 0 aromatic heterocycles. The molecule has 0 fully saturated rings. The third-order valence-electron chi connectivity index (χ3n) is 2.95. The van der Waals surface area contributed by atoms with Gasteiger partial charge in [0, 0.05) is 14.7 Å². The number of amides is 1. The number of carboxylic acid groups (broad SMARTS) is 1. The lowest BCUT2D eigenvalue weighted by Crippen LogP contribution is -2.19. The summed E-state index contributed by atoms with van der Waals surface area (Å²) in [7, 11) is 0. The Kier molecular flexibility index (Phi) is 7.27. The Hall–Kier alpha value is -1.58. The van der Waals surface area contributed by atoms with E-state index < -0.39 is 18.5 Å². The number of rotatable bonds is 7. The van der Waals surface area contributed by atoms with Gasteiger partial charge in [-0.25, -0.2) is 9.18 Å². The molecule has 5 nitrogen and oxygen atoms in total. The Bertz CT molecular complexity index is 804. The number of nitrogens with one attached hydrogen (secondary N) is 1. The van der Waals surface area contributed by atoms with Crippen LogP contribution in [0, 0.1) is 5.82 Å². The Morgan fingerprint density at radius 1 is 1.16 bits per heavy atom. The summed E-state index contributed by atoms with van der Waals surface area (Å²) in [6.45, 7) is -0.556. The maximum absolute atomic E-state index is 13.8. The van der Waals surface area contributed by atoms with Gasteiger partial charge in [0.25, 0.3) is 5.91 Å². The molecule has 0 aliphatic heterocycles. The zero-order valence-electron chi connectivity index (χ0n) is 12.6. The van der Waals surface area contributed by atoms with E-state index in [2.05, 4.69) is 36.6 Å². The van der Waals surface area contributed by atoms with E-state index in [1.54, 1.807) is 18.2 Å². The van der Waals surface area contributed by atoms with Crippen LogP contribution in [0.1, 0.15) is 15.9 Å². The van der Waals surface area contributed by atoms with Gasteiger partial charge in [-0.2, -0.15) is 0 Å². The van der Waals surface area contributed by atoms with Crippen LogP contribution in [0.4, 0.5) is 4.39 Å². The average molecular weight is 493 g/mol. The number of benzene rings is 2. The Balaban J connectivity index is 2.02. The SMILES string of the molecule is O=C(O)COc1ccc(Br)cc1C(=O)NSCc1ccc(Br)cc1F. The fourth-order valence-electron chi connectivity index (χ4n) is 1.82. The monoisotopic (exact) mass is 491 g/mol. The lowest BCUT2D eigenvalue weighted by Gasteiger charge is -2.11. The first-order valence-corrected chi connectivity index (χ1v) is 9.44. The van der Waals surface area contributed by atoms with Crippen molar-refractivity contribution in [2.45, 2.75) is 5.75 Å². The molecule has 0 radical (unpaired) electrons. The first-order chi connectivity index (χ1) is 11.9. The smallest absolute Gasteiger partial charge is 0.341 e. The van der Waals surface area contributed by atoms with Gasteiger partial charge in [-0.1, -0.05) is 37.9 Å². The molecule has 2 rings (SSSR count). The summed E-state index contributed by atoms with van der Waals surface area (Å²) in [4.78, 5) is 22.9. The van der Waals surface area contributed by atoms with Crippen molar-refractivity contribution in [2.75, 3.05) is 6.61 Å². The van der Waals surface area contributed by atoms with Crippen LogP contribution in [0.15, 0.2) is 45.3 Å². The molecule has 0 saturated heterocycles. The molecule has 0 saturated carbocycles. The molecule has 1 amide bonds. The van der Waals surface area contributed by atoms with Gasteiger partial charge in [0.15, 0.2) is 6.61 Å². The van der Waals surface area contributed by atoms with Gasteiger partial charge < -0.3 is 9.84 Å². The molecule has 0 aliphatic carbocycles. The third-order valence-corrected chi connectivity index (χ3v) is 4.72. The molecule has 2 aromatic carbocycles. The summed E-state index contributed by atoms with van der Waals surface area (Å²) in [5.41, 5.74) is 0.629. The van der Waals surface area contributed by atoms with E-state index >= 15 is 0 Å². The number of halogens is 3. The molecule has 132 valence electrons. The maximum atomic E-state index is 13.8. The van der Waals surface area contributed by atoms with Crippen molar-refractivity contribution in [1.82, 2.24) is 4.72 Å². The number of ether oxygens (including phenoxy) is 1. The highest BCUT2D eigenvalue weighted by atomic mass is 79.9. The van der Waals surface area contributed by atoms with Crippen molar-refractivity contribution in [3.63, 3.8) is 0 Å². The number of hydrogen-bond acceptors (Lipinski definition) is 4. The van der Waals surface area contributed by atoms with Gasteiger partial charge in [0.05, 0.1) is 5.56 Å². The van der Waals surface area contributed by atoms with Crippen LogP contribution in [-0.4, -0.2) is 23.6 Å². The average Bonchev–Trinajstić information content (AvgIpc) is 2.55. The molecule has 0 heterocycles. The van der Waals surface area contributed by atoms with Gasteiger partial charge in [0.2, 0.25) is 0 Å². The van der Waals surface area contributed by atoms with E-state index in [9.17, 15) is 14.0 Å². The van der Waals surface area contributed by atoms with Gasteiger partial charge in [-0.05, 0) is 47.8 Å². The molecule has 0 atom stereocenters. The summed E-state index contributed by atoms with van der Waals surface area (Å²) in [5.74, 6) is -1.59. The van der Waals surface area contributed by atoms with E-state index in [-0.39, 0.29) is 22.9 Å². The van der Waals surface area contributed by atoms with Gasteiger partial charge in [-0.15, -0.1) is 0 Å². The number of hydrogen-bond donors (Lipinski definition) is 2. The highest BCUT2D eigenvalue weighted by Gasteiger charge is 2.15. The normalized spacial score (nSPS) is 10.4. The maximum Gasteiger partial charge on any atom is 0.341 e. The quantitative estimate of drug-likeness (QED) is 0.560. The van der Waals surface area contributed by atoms with E-state index in [0.717, 1.165) is 11.9 Å². The second-order valence-corrected chi connectivity index (χ2v) is 7.39. The molecule has 25 heavy (non-hydrogen) atoms. The predicted molar refractivity (Wildman–Crippen MR) is 100 cm³/mol. The second-order valence-electron chi connectivity index (χ2n) is 4.78. The molecule has 9 heteroatoms. The van der Waals surface area contributed by atoms with Gasteiger partial charge in [0.1, 0.15) is 11.6 Å². The summed E-state index contributed by atoms with van der Waals surface area (Å²) < 4.78 is 22.7. The number of aliphatic carboxylic acids is 1. The zero-order valence-corrected chi connectivity index (χ0v) is 16.6. The fraction of sp³-hybridized carbons (Fsp3) is 0.125. The van der Waals surface area contributed by atoms with E-state index in [1.165, 1.54) is 18.2 Å². The van der Waals surface area contributed by atoms with Gasteiger partial charge in [-0.3, -0.25) is 9.52 Å². The summed E-state index contributed by atoms with van der Waals surface area (Å²) >= 11 is 7.46. The Morgan fingerprint density at radius 3 is 2.52 bits per heavy atom. The predicted octanol–water partition coefficient (Wildman–Crippen LogP) is 4.39. The van der Waals surface area contributed by atoms with Crippen LogP contribution in [0.25, 0.3) is 0 Å². The molecular weight excluding hydrogens is 481 g/mol. The van der Waals surface area contributed by atoms with Crippen LogP contribution in [-0.2, 0) is 10.5 Å². The molecule has 2 N–H and O–H groups in total. The van der Waals surface area contributed by atoms with Crippen molar-refractivity contribution in [2.24, 2.45) is 0 Å². The lowest BCUT2D eigenvalue weighted by atomic mass is 10.2. The third kappa shape index (κ3) is 6.02. The summed E-state index contributed by atoms with van der Waals surface area (Å²) in [6.07, 6.45) is 0. The minimum absolute atomic E-state index is 0.151. The van der Waals surface area contributed by atoms with Crippen molar-refractivity contribution < 1.29 is 23.8 Å². The molecule has 2 aromatic rings. The second kappa shape index (κ2) is 9.21. The Morgan fingerprint density at radius 2 is 1.84 bits per heavy atom. The summed E-state index contributed by atoms with van der Waals surface area (Å²) in [6, 6.07) is 9.35. The zero-order chi connectivity index (χ0) is 18.4. The Labute approximate surface area is 164 Å².